The summed E-state index contributed by atoms with van der Waals surface area (Å²) in [6, 6.07) is 35.6. The fraction of sp³-hybridized carbons (Fsp3) is 0.0769. The second-order valence-corrected chi connectivity index (χ2v) is 9.92. The van der Waals surface area contributed by atoms with Crippen LogP contribution in [0.4, 0.5) is 0 Å². The molecular weight excluding hydrogens is 440 g/mol. The fourth-order valence-electron chi connectivity index (χ4n) is 3.17. The standard InChI is InChI=1S/C26H22Te/c1-19-11-15-21(16-12-19)24-9-6-10-25(22-17-13-20(2)14-18-22)26(24)27-23-7-4-3-5-8-23/h3-18H,1-2H3. The minimum atomic E-state index is -0.501. The molecule has 0 aromatic heterocycles. The van der Waals surface area contributed by atoms with Gasteiger partial charge in [-0.25, -0.2) is 0 Å². The van der Waals surface area contributed by atoms with Gasteiger partial charge in [-0.2, -0.15) is 0 Å². The van der Waals surface area contributed by atoms with Crippen molar-refractivity contribution in [1.82, 2.24) is 0 Å². The van der Waals surface area contributed by atoms with E-state index in [9.17, 15) is 0 Å². The molecule has 0 aliphatic heterocycles. The molecule has 0 saturated carbocycles. The first-order chi connectivity index (χ1) is 13.2. The zero-order chi connectivity index (χ0) is 18.6. The molecule has 0 atom stereocenters. The van der Waals surface area contributed by atoms with Crippen molar-refractivity contribution in [2.24, 2.45) is 0 Å². The summed E-state index contributed by atoms with van der Waals surface area (Å²) >= 11 is -0.501. The van der Waals surface area contributed by atoms with Gasteiger partial charge in [0.05, 0.1) is 0 Å². The Morgan fingerprint density at radius 3 is 1.44 bits per heavy atom. The molecule has 4 aromatic rings. The monoisotopic (exact) mass is 464 g/mol. The van der Waals surface area contributed by atoms with Crippen LogP contribution < -0.4 is 7.22 Å². The van der Waals surface area contributed by atoms with E-state index >= 15 is 0 Å². The van der Waals surface area contributed by atoms with Crippen LogP contribution in [0.5, 0.6) is 0 Å². The Labute approximate surface area is 172 Å². The second kappa shape index (κ2) is 8.13. The second-order valence-electron chi connectivity index (χ2n) is 6.83. The summed E-state index contributed by atoms with van der Waals surface area (Å²) in [6.45, 7) is 4.29. The first-order valence-corrected chi connectivity index (χ1v) is 11.5. The summed E-state index contributed by atoms with van der Waals surface area (Å²) < 4.78 is 2.98. The van der Waals surface area contributed by atoms with Crippen molar-refractivity contribution in [3.8, 4) is 22.3 Å². The van der Waals surface area contributed by atoms with Crippen molar-refractivity contribution < 1.29 is 0 Å². The van der Waals surface area contributed by atoms with Crippen LogP contribution in [0.15, 0.2) is 97.1 Å². The third-order valence-electron chi connectivity index (χ3n) is 4.70. The van der Waals surface area contributed by atoms with Crippen LogP contribution in [-0.4, -0.2) is 20.9 Å². The van der Waals surface area contributed by atoms with Crippen LogP contribution in [-0.2, 0) is 0 Å². The first-order valence-electron chi connectivity index (χ1n) is 9.21. The molecule has 0 aliphatic carbocycles. The van der Waals surface area contributed by atoms with Gasteiger partial charge in [0.2, 0.25) is 0 Å². The van der Waals surface area contributed by atoms with Crippen molar-refractivity contribution >= 4 is 28.1 Å². The minimum absolute atomic E-state index is 0.501. The number of hydrogen-bond donors (Lipinski definition) is 0. The van der Waals surface area contributed by atoms with Crippen LogP contribution in [0, 0.1) is 13.8 Å². The molecule has 0 spiro atoms. The molecule has 0 saturated heterocycles. The van der Waals surface area contributed by atoms with Gasteiger partial charge in [-0.05, 0) is 0 Å². The Bertz CT molecular complexity index is 966. The van der Waals surface area contributed by atoms with E-state index in [0.29, 0.717) is 0 Å². The van der Waals surface area contributed by atoms with E-state index in [4.69, 9.17) is 0 Å². The maximum atomic E-state index is 2.28. The molecule has 132 valence electrons. The summed E-state index contributed by atoms with van der Waals surface area (Å²) in [7, 11) is 0. The predicted molar refractivity (Wildman–Crippen MR) is 118 cm³/mol. The number of aryl methyl sites for hydroxylation is 2. The molecule has 0 fully saturated rings. The van der Waals surface area contributed by atoms with Gasteiger partial charge < -0.3 is 0 Å². The summed E-state index contributed by atoms with van der Waals surface area (Å²) in [5.41, 5.74) is 7.97. The van der Waals surface area contributed by atoms with Gasteiger partial charge in [-0.15, -0.1) is 0 Å². The Morgan fingerprint density at radius 1 is 0.481 bits per heavy atom. The molecule has 0 N–H and O–H groups in total. The molecule has 1 heteroatoms. The van der Waals surface area contributed by atoms with Gasteiger partial charge in [0.25, 0.3) is 0 Å². The molecule has 0 radical (unpaired) electrons. The number of hydrogen-bond acceptors (Lipinski definition) is 0. The summed E-state index contributed by atoms with van der Waals surface area (Å²) in [6.07, 6.45) is 0. The Hall–Kier alpha value is -2.33. The van der Waals surface area contributed by atoms with Crippen LogP contribution in [0.3, 0.4) is 0 Å². The quantitative estimate of drug-likeness (QED) is 0.362. The van der Waals surface area contributed by atoms with Crippen LogP contribution in [0.1, 0.15) is 11.1 Å². The molecule has 4 aromatic carbocycles. The van der Waals surface area contributed by atoms with Gasteiger partial charge in [0.1, 0.15) is 0 Å². The van der Waals surface area contributed by atoms with Gasteiger partial charge >= 0.3 is 172 Å². The summed E-state index contributed by atoms with van der Waals surface area (Å²) in [5.74, 6) is 0. The van der Waals surface area contributed by atoms with Gasteiger partial charge in [0.15, 0.2) is 0 Å². The first kappa shape index (κ1) is 18.1. The molecule has 0 nitrogen and oxygen atoms in total. The molecular formula is C26H22Te. The molecule has 4 rings (SSSR count). The molecule has 0 unspecified atom stereocenters. The number of rotatable bonds is 4. The maximum absolute atomic E-state index is 2.28. The molecule has 0 aliphatic rings. The van der Waals surface area contributed by atoms with E-state index in [1.807, 2.05) is 0 Å². The average molecular weight is 462 g/mol. The van der Waals surface area contributed by atoms with Crippen molar-refractivity contribution in [2.45, 2.75) is 13.8 Å². The van der Waals surface area contributed by atoms with Gasteiger partial charge in [0, 0.05) is 0 Å². The summed E-state index contributed by atoms with van der Waals surface area (Å²) in [4.78, 5) is 0. The van der Waals surface area contributed by atoms with E-state index in [-0.39, 0.29) is 0 Å². The van der Waals surface area contributed by atoms with E-state index in [1.165, 1.54) is 40.6 Å². The van der Waals surface area contributed by atoms with Crippen molar-refractivity contribution in [3.05, 3.63) is 108 Å². The summed E-state index contributed by atoms with van der Waals surface area (Å²) in [5, 5.41) is 0. The molecule has 0 heterocycles. The topological polar surface area (TPSA) is 0 Å². The van der Waals surface area contributed by atoms with E-state index in [1.54, 1.807) is 0 Å². The predicted octanol–water partition coefficient (Wildman–Crippen LogP) is 5.29. The van der Waals surface area contributed by atoms with Crippen LogP contribution >= 0.6 is 0 Å². The van der Waals surface area contributed by atoms with Crippen LogP contribution in [0.2, 0.25) is 0 Å². The Morgan fingerprint density at radius 2 is 0.963 bits per heavy atom. The van der Waals surface area contributed by atoms with E-state index in [2.05, 4.69) is 111 Å². The third-order valence-corrected chi connectivity index (χ3v) is 7.99. The zero-order valence-corrected chi connectivity index (χ0v) is 18.0. The van der Waals surface area contributed by atoms with Gasteiger partial charge in [-0.1, -0.05) is 0 Å². The Balaban J connectivity index is 1.89. The van der Waals surface area contributed by atoms with Crippen molar-refractivity contribution in [2.75, 3.05) is 0 Å². The zero-order valence-electron chi connectivity index (χ0n) is 15.6. The number of benzene rings is 4. The van der Waals surface area contributed by atoms with E-state index in [0.717, 1.165) is 0 Å². The van der Waals surface area contributed by atoms with Crippen molar-refractivity contribution in [1.29, 1.82) is 0 Å². The molecule has 27 heavy (non-hydrogen) atoms. The molecule has 0 amide bonds. The third kappa shape index (κ3) is 4.16. The average Bonchev–Trinajstić information content (AvgIpc) is 2.70. The van der Waals surface area contributed by atoms with Crippen molar-refractivity contribution in [3.63, 3.8) is 0 Å². The normalized spacial score (nSPS) is 10.7. The Kier molecular flexibility index (Phi) is 5.44. The van der Waals surface area contributed by atoms with Crippen LogP contribution in [0.25, 0.3) is 22.3 Å². The van der Waals surface area contributed by atoms with Gasteiger partial charge in [-0.3, -0.25) is 0 Å². The fourth-order valence-corrected chi connectivity index (χ4v) is 6.37. The molecule has 0 bridgehead atoms. The van der Waals surface area contributed by atoms with E-state index < -0.39 is 20.9 Å². The SMILES string of the molecule is Cc1ccc(-c2cccc(-c3ccc(C)cc3)c2[Te]c2ccccc2)cc1.